The molecule has 1 aromatic rings. The van der Waals surface area contributed by atoms with E-state index in [0.29, 0.717) is 10.9 Å². The molecule has 1 rings (SSSR count). The van der Waals surface area contributed by atoms with Crippen molar-refractivity contribution in [3.05, 3.63) is 0 Å². The molecule has 0 radical (unpaired) electrons. The van der Waals surface area contributed by atoms with Crippen LogP contribution in [0.5, 0.6) is 0 Å². The maximum atomic E-state index is 9.15. The lowest BCUT2D eigenvalue weighted by atomic mass is 10.1. The van der Waals surface area contributed by atoms with Crippen LogP contribution in [0.2, 0.25) is 0 Å². The Morgan fingerprint density at radius 1 is 1.62 bits per heavy atom. The normalized spacial score (nSPS) is 14.8. The van der Waals surface area contributed by atoms with Gasteiger partial charge in [-0.05, 0) is 31.2 Å². The van der Waals surface area contributed by atoms with Crippen molar-refractivity contribution in [1.82, 2.24) is 25.5 Å². The van der Waals surface area contributed by atoms with Gasteiger partial charge in [0.1, 0.15) is 5.54 Å². The van der Waals surface area contributed by atoms with E-state index in [1.54, 1.807) is 11.7 Å². The van der Waals surface area contributed by atoms with Crippen LogP contribution in [0.3, 0.4) is 0 Å². The summed E-state index contributed by atoms with van der Waals surface area (Å²) in [7, 11) is 1.78. The Hall–Kier alpha value is -1.13. The fourth-order valence-corrected chi connectivity index (χ4v) is 2.18. The molecular formula is C9H16N6S. The molecule has 0 spiro atoms. The van der Waals surface area contributed by atoms with E-state index < -0.39 is 5.54 Å². The van der Waals surface area contributed by atoms with Gasteiger partial charge in [0.2, 0.25) is 5.16 Å². The number of aryl methyl sites for hydroxylation is 1. The van der Waals surface area contributed by atoms with Gasteiger partial charge in [-0.2, -0.15) is 5.26 Å². The number of nitrogens with one attached hydrogen (secondary N) is 1. The summed E-state index contributed by atoms with van der Waals surface area (Å²) in [4.78, 5) is 0. The van der Waals surface area contributed by atoms with Gasteiger partial charge in [-0.25, -0.2) is 4.68 Å². The van der Waals surface area contributed by atoms with Gasteiger partial charge < -0.3 is 0 Å². The molecule has 0 bridgehead atoms. The first kappa shape index (κ1) is 12.9. The fourth-order valence-electron chi connectivity index (χ4n) is 1.30. The highest BCUT2D eigenvalue weighted by Gasteiger charge is 2.25. The number of rotatable bonds is 5. The van der Waals surface area contributed by atoms with Crippen LogP contribution >= 0.6 is 11.8 Å². The molecule has 0 amide bonds. The van der Waals surface area contributed by atoms with Crippen LogP contribution in [-0.2, 0) is 7.05 Å². The molecule has 0 aromatic carbocycles. The summed E-state index contributed by atoms with van der Waals surface area (Å²) >= 11 is 1.47. The van der Waals surface area contributed by atoms with Crippen molar-refractivity contribution in [3.8, 4) is 6.07 Å². The smallest absolute Gasteiger partial charge is 0.209 e. The van der Waals surface area contributed by atoms with Crippen molar-refractivity contribution in [2.45, 2.75) is 37.5 Å². The highest BCUT2D eigenvalue weighted by atomic mass is 32.2. The number of thioether (sulfide) groups is 1. The minimum absolute atomic E-state index is 0.267. The van der Waals surface area contributed by atoms with Crippen LogP contribution in [-0.4, -0.2) is 37.5 Å². The predicted octanol–water partition coefficient (Wildman–Crippen LogP) is 0.582. The monoisotopic (exact) mass is 240 g/mol. The average Bonchev–Trinajstić information content (AvgIpc) is 2.60. The minimum Gasteiger partial charge on any atom is -0.297 e. The molecular weight excluding hydrogens is 224 g/mol. The van der Waals surface area contributed by atoms with Gasteiger partial charge in [0.15, 0.2) is 0 Å². The zero-order valence-corrected chi connectivity index (χ0v) is 10.7. The standard InChI is InChI=1S/C9H16N6S/c1-7(2)11-9(3,5-10)6-16-8-12-13-14-15(8)4/h7,11H,6H2,1-4H3. The van der Waals surface area contributed by atoms with Crippen molar-refractivity contribution >= 4 is 11.8 Å². The summed E-state index contributed by atoms with van der Waals surface area (Å²) in [5, 5.41) is 24.2. The molecule has 6 nitrogen and oxygen atoms in total. The second-order valence-corrected chi connectivity index (χ2v) is 5.06. The second-order valence-electron chi connectivity index (χ2n) is 4.12. The van der Waals surface area contributed by atoms with Gasteiger partial charge in [0, 0.05) is 18.8 Å². The van der Waals surface area contributed by atoms with Crippen LogP contribution in [0.25, 0.3) is 0 Å². The number of tetrazole rings is 1. The highest BCUT2D eigenvalue weighted by Crippen LogP contribution is 2.19. The molecule has 0 saturated heterocycles. The van der Waals surface area contributed by atoms with E-state index in [9.17, 15) is 0 Å². The largest absolute Gasteiger partial charge is 0.297 e. The van der Waals surface area contributed by atoms with Crippen molar-refractivity contribution in [3.63, 3.8) is 0 Å². The maximum Gasteiger partial charge on any atom is 0.209 e. The quantitative estimate of drug-likeness (QED) is 0.758. The third kappa shape index (κ3) is 3.47. The van der Waals surface area contributed by atoms with E-state index >= 15 is 0 Å². The van der Waals surface area contributed by atoms with Crippen LogP contribution in [0.1, 0.15) is 20.8 Å². The first-order valence-corrected chi connectivity index (χ1v) is 5.99. The molecule has 0 saturated carbocycles. The fraction of sp³-hybridized carbons (Fsp3) is 0.778. The Bertz CT molecular complexity index is 382. The Morgan fingerprint density at radius 3 is 2.75 bits per heavy atom. The predicted molar refractivity (Wildman–Crippen MR) is 61.8 cm³/mol. The molecule has 1 unspecified atom stereocenters. The molecule has 88 valence electrons. The van der Waals surface area contributed by atoms with E-state index in [-0.39, 0.29) is 6.04 Å². The lowest BCUT2D eigenvalue weighted by Gasteiger charge is -2.24. The topological polar surface area (TPSA) is 79.4 Å². The van der Waals surface area contributed by atoms with Crippen molar-refractivity contribution < 1.29 is 0 Å². The molecule has 1 atom stereocenters. The Labute approximate surface area is 99.4 Å². The zero-order valence-electron chi connectivity index (χ0n) is 9.93. The molecule has 1 heterocycles. The van der Waals surface area contributed by atoms with Gasteiger partial charge >= 0.3 is 0 Å². The summed E-state index contributed by atoms with van der Waals surface area (Å²) in [6.07, 6.45) is 0. The molecule has 0 aliphatic carbocycles. The van der Waals surface area contributed by atoms with Crippen LogP contribution in [0, 0.1) is 11.3 Å². The first-order chi connectivity index (χ1) is 7.47. The van der Waals surface area contributed by atoms with Gasteiger partial charge in [-0.3, -0.25) is 5.32 Å². The van der Waals surface area contributed by atoms with Gasteiger partial charge in [0.05, 0.1) is 6.07 Å². The molecule has 0 aliphatic heterocycles. The maximum absolute atomic E-state index is 9.15. The highest BCUT2D eigenvalue weighted by molar-refractivity contribution is 7.99. The summed E-state index contributed by atoms with van der Waals surface area (Å²) in [5.41, 5.74) is -0.565. The number of hydrogen-bond donors (Lipinski definition) is 1. The van der Waals surface area contributed by atoms with E-state index in [4.69, 9.17) is 5.26 Å². The Morgan fingerprint density at radius 2 is 2.31 bits per heavy atom. The number of nitrogens with zero attached hydrogens (tertiary/aromatic N) is 5. The Balaban J connectivity index is 2.59. The lowest BCUT2D eigenvalue weighted by Crippen LogP contribution is -2.47. The first-order valence-electron chi connectivity index (χ1n) is 5.01. The number of hydrogen-bond acceptors (Lipinski definition) is 6. The molecule has 1 aromatic heterocycles. The van der Waals surface area contributed by atoms with Gasteiger partial charge in [-0.1, -0.05) is 11.8 Å². The van der Waals surface area contributed by atoms with Crippen LogP contribution in [0.15, 0.2) is 5.16 Å². The summed E-state index contributed by atoms with van der Waals surface area (Å²) in [6, 6.07) is 2.55. The van der Waals surface area contributed by atoms with Gasteiger partial charge in [-0.15, -0.1) is 5.10 Å². The number of aromatic nitrogens is 4. The van der Waals surface area contributed by atoms with E-state index in [1.807, 2.05) is 20.8 Å². The van der Waals surface area contributed by atoms with Crippen LogP contribution < -0.4 is 5.32 Å². The third-order valence-electron chi connectivity index (χ3n) is 1.93. The van der Waals surface area contributed by atoms with E-state index in [1.165, 1.54) is 11.8 Å². The molecule has 7 heteroatoms. The molecule has 1 N–H and O–H groups in total. The van der Waals surface area contributed by atoms with E-state index in [2.05, 4.69) is 26.9 Å². The zero-order chi connectivity index (χ0) is 12.2. The van der Waals surface area contributed by atoms with Gasteiger partial charge in [0.25, 0.3) is 0 Å². The molecule has 0 aliphatic rings. The Kier molecular flexibility index (Phi) is 4.26. The molecule has 0 fully saturated rings. The van der Waals surface area contributed by atoms with E-state index in [0.717, 1.165) is 0 Å². The van der Waals surface area contributed by atoms with Crippen molar-refractivity contribution in [2.24, 2.45) is 7.05 Å². The van der Waals surface area contributed by atoms with Crippen molar-refractivity contribution in [1.29, 1.82) is 5.26 Å². The van der Waals surface area contributed by atoms with Crippen molar-refractivity contribution in [2.75, 3.05) is 5.75 Å². The summed E-state index contributed by atoms with van der Waals surface area (Å²) < 4.78 is 1.60. The average molecular weight is 240 g/mol. The SMILES string of the molecule is CC(C)NC(C)(C#N)CSc1nnnn1C. The minimum atomic E-state index is -0.565. The summed E-state index contributed by atoms with van der Waals surface area (Å²) in [5.74, 6) is 0.607. The third-order valence-corrected chi connectivity index (χ3v) is 3.25. The lowest BCUT2D eigenvalue weighted by molar-refractivity contribution is 0.443. The van der Waals surface area contributed by atoms with Crippen LogP contribution in [0.4, 0.5) is 0 Å². The number of nitriles is 1. The summed E-state index contributed by atoms with van der Waals surface area (Å²) in [6.45, 7) is 5.91. The molecule has 16 heavy (non-hydrogen) atoms. The second kappa shape index (κ2) is 5.27.